The van der Waals surface area contributed by atoms with Gasteiger partial charge in [0.1, 0.15) is 0 Å². The number of hydrogen-bond donors (Lipinski definition) is 1. The highest BCUT2D eigenvalue weighted by Crippen LogP contribution is 2.11. The lowest BCUT2D eigenvalue weighted by atomic mass is 10.1. The van der Waals surface area contributed by atoms with Crippen molar-refractivity contribution in [3.05, 3.63) is 78.3 Å². The second kappa shape index (κ2) is 5.93. The molecule has 1 aromatic heterocycles. The Kier molecular flexibility index (Phi) is 4.05. The molecule has 2 aromatic rings. The largest absolute Gasteiger partial charge is 0.272 e. The Hall–Kier alpha value is -2.46. The Balaban J connectivity index is 2.06. The number of benzene rings is 1. The first kappa shape index (κ1) is 13.0. The van der Waals surface area contributed by atoms with Crippen LogP contribution in [0.5, 0.6) is 0 Å². The van der Waals surface area contributed by atoms with Crippen LogP contribution in [0.4, 0.5) is 0 Å². The predicted molar refractivity (Wildman–Crippen MR) is 73.9 cm³/mol. The third kappa shape index (κ3) is 3.26. The lowest BCUT2D eigenvalue weighted by Crippen LogP contribution is -2.36. The minimum atomic E-state index is -0.289. The summed E-state index contributed by atoms with van der Waals surface area (Å²) in [5.74, 6) is 5.52. The lowest BCUT2D eigenvalue weighted by molar-refractivity contribution is 0.0803. The molecule has 0 aliphatic carbocycles. The molecule has 0 aliphatic rings. The molecule has 0 fully saturated rings. The van der Waals surface area contributed by atoms with Gasteiger partial charge in [-0.1, -0.05) is 36.9 Å². The Morgan fingerprint density at radius 2 is 1.79 bits per heavy atom. The average molecular weight is 253 g/mol. The molecule has 1 amide bonds. The fourth-order valence-electron chi connectivity index (χ4n) is 1.69. The van der Waals surface area contributed by atoms with Crippen LogP contribution in [0.1, 0.15) is 15.9 Å². The van der Waals surface area contributed by atoms with Crippen molar-refractivity contribution in [3.63, 3.8) is 0 Å². The number of rotatable bonds is 4. The molecular weight excluding hydrogens is 238 g/mol. The van der Waals surface area contributed by atoms with Gasteiger partial charge < -0.3 is 0 Å². The number of hydrazine groups is 1. The standard InChI is InChI=1S/C15H15N3O/c1-12(11-13-5-3-2-4-6-13)18(16)15(19)14-7-9-17-10-8-14/h2-10H,1,11,16H2. The van der Waals surface area contributed by atoms with Crippen LogP contribution < -0.4 is 5.84 Å². The normalized spacial score (nSPS) is 9.95. The van der Waals surface area contributed by atoms with Crippen LogP contribution in [0.15, 0.2) is 67.1 Å². The number of nitrogens with two attached hydrogens (primary N) is 1. The van der Waals surface area contributed by atoms with Crippen molar-refractivity contribution in [1.82, 2.24) is 9.99 Å². The quantitative estimate of drug-likeness (QED) is 0.516. The summed E-state index contributed by atoms with van der Waals surface area (Å²) in [6, 6.07) is 13.0. The van der Waals surface area contributed by atoms with E-state index in [-0.39, 0.29) is 5.91 Å². The Labute approximate surface area is 112 Å². The number of amides is 1. The first-order chi connectivity index (χ1) is 9.18. The molecule has 1 aromatic carbocycles. The van der Waals surface area contributed by atoms with E-state index in [1.807, 2.05) is 30.3 Å². The number of hydrogen-bond acceptors (Lipinski definition) is 3. The average Bonchev–Trinajstić information content (AvgIpc) is 2.47. The van der Waals surface area contributed by atoms with E-state index in [1.165, 1.54) is 0 Å². The Bertz CT molecular complexity index is 566. The minimum absolute atomic E-state index is 0.289. The van der Waals surface area contributed by atoms with Crippen molar-refractivity contribution in [2.45, 2.75) is 6.42 Å². The first-order valence-corrected chi connectivity index (χ1v) is 5.89. The first-order valence-electron chi connectivity index (χ1n) is 5.89. The number of pyridine rings is 1. The summed E-state index contributed by atoms with van der Waals surface area (Å²) in [5.41, 5.74) is 2.10. The number of allylic oxidation sites excluding steroid dienone is 1. The van der Waals surface area contributed by atoms with Gasteiger partial charge in [-0.2, -0.15) is 0 Å². The van der Waals surface area contributed by atoms with E-state index in [0.29, 0.717) is 17.7 Å². The van der Waals surface area contributed by atoms with Crippen molar-refractivity contribution >= 4 is 5.91 Å². The summed E-state index contributed by atoms with van der Waals surface area (Å²) in [6.45, 7) is 3.86. The van der Waals surface area contributed by atoms with Gasteiger partial charge in [-0.25, -0.2) is 10.9 Å². The highest BCUT2D eigenvalue weighted by molar-refractivity contribution is 5.94. The fraction of sp³-hybridized carbons (Fsp3) is 0.0667. The van der Waals surface area contributed by atoms with Crippen LogP contribution in [0, 0.1) is 0 Å². The molecule has 4 nitrogen and oxygen atoms in total. The summed E-state index contributed by atoms with van der Waals surface area (Å²) in [6.07, 6.45) is 3.65. The van der Waals surface area contributed by atoms with E-state index in [4.69, 9.17) is 5.84 Å². The van der Waals surface area contributed by atoms with E-state index in [9.17, 15) is 4.79 Å². The molecule has 0 saturated carbocycles. The highest BCUT2D eigenvalue weighted by atomic mass is 16.2. The molecule has 0 aliphatic heterocycles. The van der Waals surface area contributed by atoms with Crippen LogP contribution in [0.3, 0.4) is 0 Å². The summed E-state index contributed by atoms with van der Waals surface area (Å²) in [7, 11) is 0. The van der Waals surface area contributed by atoms with Crippen molar-refractivity contribution in [1.29, 1.82) is 0 Å². The van der Waals surface area contributed by atoms with Gasteiger partial charge in [0.05, 0.1) is 0 Å². The molecule has 0 spiro atoms. The monoisotopic (exact) mass is 253 g/mol. The van der Waals surface area contributed by atoms with Crippen LogP contribution >= 0.6 is 0 Å². The van der Waals surface area contributed by atoms with Gasteiger partial charge in [-0.05, 0) is 17.7 Å². The smallest absolute Gasteiger partial charge is 0.267 e. The van der Waals surface area contributed by atoms with Crippen LogP contribution in [0.25, 0.3) is 0 Å². The minimum Gasteiger partial charge on any atom is -0.267 e. The molecule has 0 unspecified atom stereocenters. The van der Waals surface area contributed by atoms with Crippen molar-refractivity contribution in [3.8, 4) is 0 Å². The molecule has 2 N–H and O–H groups in total. The molecule has 1 heterocycles. The van der Waals surface area contributed by atoms with Crippen molar-refractivity contribution in [2.24, 2.45) is 5.84 Å². The molecule has 96 valence electrons. The lowest BCUT2D eigenvalue weighted by Gasteiger charge is -2.19. The fourth-order valence-corrected chi connectivity index (χ4v) is 1.69. The summed E-state index contributed by atoms with van der Waals surface area (Å²) >= 11 is 0. The van der Waals surface area contributed by atoms with Gasteiger partial charge in [-0.3, -0.25) is 9.78 Å². The summed E-state index contributed by atoms with van der Waals surface area (Å²) in [5, 5.41) is 1.09. The number of nitrogens with zero attached hydrogens (tertiary/aromatic N) is 2. The number of carbonyl (C=O) groups is 1. The maximum atomic E-state index is 12.1. The third-order valence-corrected chi connectivity index (χ3v) is 2.74. The summed E-state index contributed by atoms with van der Waals surface area (Å²) < 4.78 is 0. The molecular formula is C15H15N3O. The Morgan fingerprint density at radius 1 is 1.16 bits per heavy atom. The predicted octanol–water partition coefficient (Wildman–Crippen LogP) is 2.15. The van der Waals surface area contributed by atoms with E-state index >= 15 is 0 Å². The molecule has 19 heavy (non-hydrogen) atoms. The van der Waals surface area contributed by atoms with Crippen molar-refractivity contribution in [2.75, 3.05) is 0 Å². The number of carbonyl (C=O) groups excluding carboxylic acids is 1. The maximum absolute atomic E-state index is 12.1. The SMILES string of the molecule is C=C(Cc1ccccc1)N(N)C(=O)c1ccncc1. The summed E-state index contributed by atoms with van der Waals surface area (Å²) in [4.78, 5) is 16.0. The zero-order chi connectivity index (χ0) is 13.7. The van der Waals surface area contributed by atoms with Gasteiger partial charge in [0.2, 0.25) is 0 Å². The highest BCUT2D eigenvalue weighted by Gasteiger charge is 2.14. The molecule has 0 bridgehead atoms. The molecule has 0 radical (unpaired) electrons. The maximum Gasteiger partial charge on any atom is 0.272 e. The van der Waals surface area contributed by atoms with Crippen LogP contribution in [0.2, 0.25) is 0 Å². The van der Waals surface area contributed by atoms with Crippen LogP contribution in [-0.2, 0) is 6.42 Å². The molecule has 2 rings (SSSR count). The van der Waals surface area contributed by atoms with Crippen molar-refractivity contribution < 1.29 is 4.79 Å². The molecule has 0 atom stereocenters. The third-order valence-electron chi connectivity index (χ3n) is 2.74. The second-order valence-corrected chi connectivity index (χ2v) is 4.14. The topological polar surface area (TPSA) is 59.2 Å². The van der Waals surface area contributed by atoms with E-state index in [1.54, 1.807) is 24.5 Å². The molecule has 0 saturated heterocycles. The van der Waals surface area contributed by atoms with Gasteiger partial charge in [0.15, 0.2) is 0 Å². The zero-order valence-corrected chi connectivity index (χ0v) is 10.5. The van der Waals surface area contributed by atoms with Gasteiger partial charge in [0.25, 0.3) is 5.91 Å². The van der Waals surface area contributed by atoms with E-state index < -0.39 is 0 Å². The van der Waals surface area contributed by atoms with Crippen LogP contribution in [-0.4, -0.2) is 15.9 Å². The van der Waals surface area contributed by atoms with Gasteiger partial charge in [-0.15, -0.1) is 0 Å². The molecule has 4 heteroatoms. The number of aromatic nitrogens is 1. The van der Waals surface area contributed by atoms with Gasteiger partial charge in [0, 0.05) is 30.1 Å². The van der Waals surface area contributed by atoms with Gasteiger partial charge >= 0.3 is 0 Å². The zero-order valence-electron chi connectivity index (χ0n) is 10.5. The second-order valence-electron chi connectivity index (χ2n) is 4.14. The van der Waals surface area contributed by atoms with E-state index in [0.717, 1.165) is 10.6 Å². The van der Waals surface area contributed by atoms with E-state index in [2.05, 4.69) is 11.6 Å². The Morgan fingerprint density at radius 3 is 2.42 bits per heavy atom.